The third kappa shape index (κ3) is 5.68. The number of hydrogen-bond acceptors (Lipinski definition) is 7. The Morgan fingerprint density at radius 2 is 1.34 bits per heavy atom. The van der Waals surface area contributed by atoms with Crippen molar-refractivity contribution in [1.29, 1.82) is 0 Å². The number of carboxylic acids is 2. The summed E-state index contributed by atoms with van der Waals surface area (Å²) in [4.78, 5) is 87.4. The highest BCUT2D eigenvalue weighted by Gasteiger charge is 2.36. The first kappa shape index (κ1) is 27.9. The molecule has 0 atom stereocenters. The number of urea groups is 1. The largest absolute Gasteiger partial charge is 0.478 e. The quantitative estimate of drug-likeness (QED) is 0.191. The molecule has 3 aromatic rings. The minimum atomic E-state index is -1.19. The van der Waals surface area contributed by atoms with Crippen LogP contribution < -0.4 is 21.5 Å². The van der Waals surface area contributed by atoms with Gasteiger partial charge in [0.1, 0.15) is 5.57 Å². The first-order valence-electron chi connectivity index (χ1n) is 11.8. The number of aromatic nitrogens is 2. The van der Waals surface area contributed by atoms with Gasteiger partial charge in [-0.3, -0.25) is 29.3 Å². The number of allylic oxidation sites excluding steroid dienone is 4. The second-order valence-electron chi connectivity index (χ2n) is 8.52. The van der Waals surface area contributed by atoms with Gasteiger partial charge >= 0.3 is 23.7 Å². The van der Waals surface area contributed by atoms with Gasteiger partial charge in [0.25, 0.3) is 17.4 Å². The number of carbonyl (C=O) groups excluding carboxylic acids is 3. The molecule has 0 aliphatic carbocycles. The van der Waals surface area contributed by atoms with Crippen LogP contribution in [0.3, 0.4) is 0 Å². The zero-order chi connectivity index (χ0) is 29.8. The Bertz CT molecular complexity index is 1810. The van der Waals surface area contributed by atoms with Crippen LogP contribution in [0.25, 0.3) is 11.8 Å². The fourth-order valence-electron chi connectivity index (χ4n) is 3.95. The van der Waals surface area contributed by atoms with E-state index in [1.807, 2.05) is 5.32 Å². The SMILES string of the molecule is Cc1c(/C=C/C=C/C=C2\C(=O)NC(=O)N(c3ccc(C(=O)O)cc3)C2=O)c(=O)[nH]c(=O)n1-c1ccc(C(=O)O)cc1. The molecule has 1 aliphatic heterocycles. The number of carboxylic acid groups (broad SMARTS) is 2. The van der Waals surface area contributed by atoms with Gasteiger partial charge in [0.2, 0.25) is 0 Å². The summed E-state index contributed by atoms with van der Waals surface area (Å²) in [7, 11) is 0. The molecular formula is C28H20N4O9. The number of imide groups is 2. The zero-order valence-electron chi connectivity index (χ0n) is 21.2. The third-order valence-electron chi connectivity index (χ3n) is 5.99. The highest BCUT2D eigenvalue weighted by Crippen LogP contribution is 2.21. The van der Waals surface area contributed by atoms with E-state index < -0.39 is 41.0 Å². The fourth-order valence-corrected chi connectivity index (χ4v) is 3.95. The monoisotopic (exact) mass is 556 g/mol. The Labute approximate surface area is 230 Å². The van der Waals surface area contributed by atoms with E-state index in [9.17, 15) is 33.6 Å². The zero-order valence-corrected chi connectivity index (χ0v) is 21.2. The number of aromatic amines is 1. The first-order chi connectivity index (χ1) is 19.5. The van der Waals surface area contributed by atoms with Gasteiger partial charge in [0.05, 0.1) is 28.1 Å². The van der Waals surface area contributed by atoms with Crippen molar-refractivity contribution < 1.29 is 34.2 Å². The molecule has 0 spiro atoms. The van der Waals surface area contributed by atoms with Crippen molar-refractivity contribution in [3.8, 4) is 5.69 Å². The summed E-state index contributed by atoms with van der Waals surface area (Å²) >= 11 is 0. The van der Waals surface area contributed by atoms with E-state index in [2.05, 4.69) is 4.98 Å². The minimum absolute atomic E-state index is 0.0250. The topological polar surface area (TPSA) is 196 Å². The van der Waals surface area contributed by atoms with Crippen molar-refractivity contribution in [1.82, 2.24) is 14.9 Å². The number of benzene rings is 2. The normalized spacial score (nSPS) is 14.7. The number of aromatic carboxylic acids is 2. The second-order valence-corrected chi connectivity index (χ2v) is 8.52. The number of rotatable bonds is 7. The summed E-state index contributed by atoms with van der Waals surface area (Å²) in [6, 6.07) is 9.44. The van der Waals surface area contributed by atoms with Gasteiger partial charge < -0.3 is 10.2 Å². The Hall–Kier alpha value is -6.11. The van der Waals surface area contributed by atoms with E-state index in [0.717, 1.165) is 6.08 Å². The summed E-state index contributed by atoms with van der Waals surface area (Å²) in [6.07, 6.45) is 6.72. The molecule has 1 aromatic heterocycles. The van der Waals surface area contributed by atoms with Gasteiger partial charge in [-0.05, 0) is 67.6 Å². The Morgan fingerprint density at radius 1 is 0.780 bits per heavy atom. The number of barbiturate groups is 1. The molecule has 1 aliphatic rings. The molecule has 2 heterocycles. The molecule has 0 bridgehead atoms. The van der Waals surface area contributed by atoms with Gasteiger partial charge in [0, 0.05) is 5.69 Å². The van der Waals surface area contributed by atoms with Crippen molar-refractivity contribution in [2.24, 2.45) is 0 Å². The van der Waals surface area contributed by atoms with E-state index in [0.29, 0.717) is 10.6 Å². The molecular weight excluding hydrogens is 536 g/mol. The lowest BCUT2D eigenvalue weighted by Gasteiger charge is -2.26. The van der Waals surface area contributed by atoms with E-state index in [-0.39, 0.29) is 33.6 Å². The Morgan fingerprint density at radius 3 is 1.90 bits per heavy atom. The van der Waals surface area contributed by atoms with Gasteiger partial charge in [-0.25, -0.2) is 24.1 Å². The molecule has 0 unspecified atom stereocenters. The van der Waals surface area contributed by atoms with Crippen molar-refractivity contribution in [2.45, 2.75) is 6.92 Å². The van der Waals surface area contributed by atoms with E-state index >= 15 is 0 Å². The maximum Gasteiger partial charge on any atom is 0.335 e. The number of carbonyl (C=O) groups is 5. The summed E-state index contributed by atoms with van der Waals surface area (Å²) < 4.78 is 1.21. The van der Waals surface area contributed by atoms with Crippen LogP contribution in [0, 0.1) is 6.92 Å². The average molecular weight is 556 g/mol. The molecule has 1 fully saturated rings. The number of anilines is 1. The lowest BCUT2D eigenvalue weighted by atomic mass is 10.1. The lowest BCUT2D eigenvalue weighted by molar-refractivity contribution is -0.122. The average Bonchev–Trinajstić information content (AvgIpc) is 2.92. The maximum atomic E-state index is 12.9. The lowest BCUT2D eigenvalue weighted by Crippen LogP contribution is -2.54. The van der Waals surface area contributed by atoms with Crippen molar-refractivity contribution >= 4 is 41.5 Å². The number of amides is 4. The van der Waals surface area contributed by atoms with Crippen molar-refractivity contribution in [3.63, 3.8) is 0 Å². The van der Waals surface area contributed by atoms with E-state index in [4.69, 9.17) is 10.2 Å². The highest BCUT2D eigenvalue weighted by atomic mass is 16.4. The van der Waals surface area contributed by atoms with Crippen LogP contribution in [0.2, 0.25) is 0 Å². The maximum absolute atomic E-state index is 12.9. The molecule has 4 amide bonds. The van der Waals surface area contributed by atoms with Crippen molar-refractivity contribution in [3.05, 3.63) is 122 Å². The van der Waals surface area contributed by atoms with Gasteiger partial charge in [0.15, 0.2) is 0 Å². The molecule has 4 rings (SSSR count). The van der Waals surface area contributed by atoms with Crippen LogP contribution in [-0.2, 0) is 9.59 Å². The predicted octanol–water partition coefficient (Wildman–Crippen LogP) is 2.01. The number of nitrogens with one attached hydrogen (secondary N) is 2. The number of hydrogen-bond donors (Lipinski definition) is 4. The standard InChI is InChI=1S/C28H20N4O9/c1-15-20(22(33)29-27(40)31(15)18-11-7-16(8-12-18)25(36)37)5-3-2-4-6-21-23(34)30-28(41)32(24(21)35)19-13-9-17(10-14-19)26(38)39/h2-14H,1H3,(H,36,37)(H,38,39)(H,29,33,40)(H,30,34,41)/b4-2+,5-3+,21-6+. The molecule has 1 saturated heterocycles. The summed E-state index contributed by atoms with van der Waals surface area (Å²) in [5.74, 6) is -4.18. The van der Waals surface area contributed by atoms with Crippen LogP contribution in [0.15, 0.2) is 88.0 Å². The number of H-pyrrole nitrogens is 1. The fraction of sp³-hybridized carbons (Fsp3) is 0.0357. The second kappa shape index (κ2) is 11.3. The van der Waals surface area contributed by atoms with Crippen LogP contribution >= 0.6 is 0 Å². The summed E-state index contributed by atoms with van der Waals surface area (Å²) in [5, 5.41) is 20.2. The van der Waals surface area contributed by atoms with Gasteiger partial charge in [-0.2, -0.15) is 0 Å². The molecule has 4 N–H and O–H groups in total. The molecule has 41 heavy (non-hydrogen) atoms. The molecule has 0 saturated carbocycles. The van der Waals surface area contributed by atoms with Crippen molar-refractivity contribution in [2.75, 3.05) is 4.90 Å². The van der Waals surface area contributed by atoms with Gasteiger partial charge in [-0.1, -0.05) is 18.2 Å². The smallest absolute Gasteiger partial charge is 0.335 e. The molecule has 13 nitrogen and oxygen atoms in total. The number of nitrogens with zero attached hydrogens (tertiary/aromatic N) is 2. The highest BCUT2D eigenvalue weighted by molar-refractivity contribution is 6.37. The van der Waals surface area contributed by atoms with Crippen LogP contribution in [0.1, 0.15) is 32.0 Å². The van der Waals surface area contributed by atoms with E-state index in [1.165, 1.54) is 84.3 Å². The van der Waals surface area contributed by atoms with Crippen LogP contribution in [0.5, 0.6) is 0 Å². The third-order valence-corrected chi connectivity index (χ3v) is 5.99. The summed E-state index contributed by atoms with van der Waals surface area (Å²) in [5.41, 5.74) is -0.997. The molecule has 206 valence electrons. The molecule has 0 radical (unpaired) electrons. The van der Waals surface area contributed by atoms with Crippen LogP contribution in [0.4, 0.5) is 10.5 Å². The summed E-state index contributed by atoms with van der Waals surface area (Å²) in [6.45, 7) is 1.53. The predicted molar refractivity (Wildman–Crippen MR) is 145 cm³/mol. The minimum Gasteiger partial charge on any atom is -0.478 e. The van der Waals surface area contributed by atoms with Gasteiger partial charge in [-0.15, -0.1) is 0 Å². The molecule has 13 heteroatoms. The first-order valence-corrected chi connectivity index (χ1v) is 11.8. The Kier molecular flexibility index (Phi) is 7.71. The van der Waals surface area contributed by atoms with E-state index in [1.54, 1.807) is 0 Å². The molecule has 2 aromatic carbocycles. The Balaban J connectivity index is 1.58. The van der Waals surface area contributed by atoms with Crippen LogP contribution in [-0.4, -0.2) is 49.5 Å².